The summed E-state index contributed by atoms with van der Waals surface area (Å²) in [6.45, 7) is 1.59. The molecule has 1 amide bonds. The molecule has 164 valence electrons. The van der Waals surface area contributed by atoms with Crippen molar-refractivity contribution in [1.82, 2.24) is 0 Å². The number of amides is 1. The molecule has 0 fully saturated rings. The van der Waals surface area contributed by atoms with Crippen LogP contribution in [0.25, 0.3) is 17.2 Å². The minimum Gasteiger partial charge on any atom is -0.478 e. The number of hydrogen-bond acceptors (Lipinski definition) is 3. The average molecular weight is 491 g/mol. The third-order valence-electron chi connectivity index (χ3n) is 4.37. The molecule has 8 heteroatoms. The number of hydrogen-bond donors (Lipinski definition) is 2. The predicted octanol–water partition coefficient (Wildman–Crippen LogP) is 7.12. The number of nitrogens with one attached hydrogen (secondary N) is 1. The number of carbonyl (C=O) groups excluding carboxylic acids is 1. The lowest BCUT2D eigenvalue weighted by atomic mass is 10.0. The molecule has 0 aliphatic rings. The Hall–Kier alpha value is -2.99. The van der Waals surface area contributed by atoms with Crippen LogP contribution in [0.3, 0.4) is 0 Å². The zero-order valence-corrected chi connectivity index (χ0v) is 19.1. The molecular weight excluding hydrogens is 473 g/mol. The second-order valence-corrected chi connectivity index (χ2v) is 8.18. The molecule has 0 aromatic heterocycles. The maximum absolute atomic E-state index is 11.7. The molecular formula is C24H18Cl3NO4. The van der Waals surface area contributed by atoms with Crippen molar-refractivity contribution in [3.63, 3.8) is 0 Å². The normalized spacial score (nSPS) is 11.9. The third kappa shape index (κ3) is 6.04. The van der Waals surface area contributed by atoms with Gasteiger partial charge in [-0.25, -0.2) is 4.79 Å². The van der Waals surface area contributed by atoms with E-state index in [1.807, 2.05) is 12.1 Å². The first-order valence-electron chi connectivity index (χ1n) is 9.47. The largest absolute Gasteiger partial charge is 0.478 e. The van der Waals surface area contributed by atoms with E-state index in [0.717, 1.165) is 11.6 Å². The molecule has 3 aromatic carbocycles. The maximum Gasteiger partial charge on any atom is 0.328 e. The van der Waals surface area contributed by atoms with Crippen molar-refractivity contribution in [3.05, 3.63) is 82.3 Å². The number of benzene rings is 3. The van der Waals surface area contributed by atoms with E-state index in [2.05, 4.69) is 5.32 Å². The lowest BCUT2D eigenvalue weighted by Gasteiger charge is -2.13. The van der Waals surface area contributed by atoms with Crippen LogP contribution in [0.5, 0.6) is 11.5 Å². The summed E-state index contributed by atoms with van der Waals surface area (Å²) in [6.07, 6.45) is 2.57. The monoisotopic (exact) mass is 489 g/mol. The van der Waals surface area contributed by atoms with Gasteiger partial charge in [0.2, 0.25) is 5.91 Å². The van der Waals surface area contributed by atoms with Crippen LogP contribution >= 0.6 is 34.8 Å². The van der Waals surface area contributed by atoms with E-state index < -0.39 is 11.3 Å². The van der Waals surface area contributed by atoms with Crippen molar-refractivity contribution in [2.45, 2.75) is 12.3 Å². The summed E-state index contributed by atoms with van der Waals surface area (Å²) < 4.78 is 5.85. The Morgan fingerprint density at radius 2 is 1.75 bits per heavy atom. The number of halogens is 3. The summed E-state index contributed by atoms with van der Waals surface area (Å²) >= 11 is 18.7. The summed E-state index contributed by atoms with van der Waals surface area (Å²) in [5.74, 6) is -0.447. The van der Waals surface area contributed by atoms with Gasteiger partial charge in [0.05, 0.1) is 5.02 Å². The van der Waals surface area contributed by atoms with E-state index in [1.165, 1.54) is 6.08 Å². The number of alkyl halides is 1. The summed E-state index contributed by atoms with van der Waals surface area (Å²) in [6, 6.07) is 17.5. The zero-order chi connectivity index (χ0) is 23.3. The van der Waals surface area contributed by atoms with Crippen LogP contribution in [-0.2, 0) is 9.59 Å². The summed E-state index contributed by atoms with van der Waals surface area (Å²) in [5.41, 5.74) is 2.77. The summed E-state index contributed by atoms with van der Waals surface area (Å²) in [5, 5.41) is 11.4. The van der Waals surface area contributed by atoms with E-state index >= 15 is 0 Å². The average Bonchev–Trinajstić information content (AvgIpc) is 2.77. The zero-order valence-electron chi connectivity index (χ0n) is 16.8. The standard InChI is InChI=1S/C24H18Cl3NO4/c1-14(25)24(31)28-17-6-8-18(9-7-17)32-20-11-10-19(22(26)23(20)27)16-4-2-3-15(13-16)5-12-21(29)30/h2-14H,1H3,(H,28,31)(H,29,30). The molecule has 0 aliphatic carbocycles. The van der Waals surface area contributed by atoms with Gasteiger partial charge in [0.1, 0.15) is 21.9 Å². The van der Waals surface area contributed by atoms with Crippen molar-refractivity contribution in [2.75, 3.05) is 5.32 Å². The fourth-order valence-corrected chi connectivity index (χ4v) is 3.31. The Kier molecular flexibility index (Phi) is 7.80. The minimum absolute atomic E-state index is 0.240. The van der Waals surface area contributed by atoms with Gasteiger partial charge in [-0.1, -0.05) is 41.4 Å². The lowest BCUT2D eigenvalue weighted by molar-refractivity contribution is -0.131. The highest BCUT2D eigenvalue weighted by atomic mass is 35.5. The molecule has 0 heterocycles. The topological polar surface area (TPSA) is 75.6 Å². The van der Waals surface area contributed by atoms with Crippen molar-refractivity contribution in [3.8, 4) is 22.6 Å². The first-order chi connectivity index (χ1) is 15.2. The Morgan fingerprint density at radius 3 is 2.41 bits per heavy atom. The van der Waals surface area contributed by atoms with Crippen LogP contribution in [0.1, 0.15) is 12.5 Å². The van der Waals surface area contributed by atoms with Gasteiger partial charge in [0, 0.05) is 17.3 Å². The second kappa shape index (κ2) is 10.6. The van der Waals surface area contributed by atoms with Crippen molar-refractivity contribution >= 4 is 58.4 Å². The van der Waals surface area contributed by atoms with E-state index in [4.69, 9.17) is 44.6 Å². The van der Waals surface area contributed by atoms with Crippen LogP contribution in [0.15, 0.2) is 66.7 Å². The third-order valence-corrected chi connectivity index (χ3v) is 5.44. The molecule has 3 rings (SSSR count). The molecule has 3 aromatic rings. The van der Waals surface area contributed by atoms with Gasteiger partial charge in [-0.05, 0) is 66.6 Å². The fourth-order valence-electron chi connectivity index (χ4n) is 2.79. The van der Waals surface area contributed by atoms with Crippen LogP contribution in [0, 0.1) is 0 Å². The highest BCUT2D eigenvalue weighted by Crippen LogP contribution is 2.41. The number of ether oxygens (including phenoxy) is 1. The van der Waals surface area contributed by atoms with E-state index in [9.17, 15) is 9.59 Å². The highest BCUT2D eigenvalue weighted by molar-refractivity contribution is 6.44. The highest BCUT2D eigenvalue weighted by Gasteiger charge is 2.14. The van der Waals surface area contributed by atoms with E-state index in [-0.39, 0.29) is 10.9 Å². The molecule has 32 heavy (non-hydrogen) atoms. The smallest absolute Gasteiger partial charge is 0.328 e. The van der Waals surface area contributed by atoms with Gasteiger partial charge in [0.25, 0.3) is 0 Å². The number of carboxylic acids is 1. The SMILES string of the molecule is CC(Cl)C(=O)Nc1ccc(Oc2ccc(-c3cccc(C=CC(=O)O)c3)c(Cl)c2Cl)cc1. The lowest BCUT2D eigenvalue weighted by Crippen LogP contribution is -2.20. The van der Waals surface area contributed by atoms with Gasteiger partial charge in [-0.15, -0.1) is 11.6 Å². The van der Waals surface area contributed by atoms with Gasteiger partial charge in [-0.2, -0.15) is 0 Å². The molecule has 1 unspecified atom stereocenters. The predicted molar refractivity (Wildman–Crippen MR) is 129 cm³/mol. The molecule has 5 nitrogen and oxygen atoms in total. The minimum atomic E-state index is -1.03. The van der Waals surface area contributed by atoms with Gasteiger partial charge >= 0.3 is 5.97 Å². The molecule has 0 bridgehead atoms. The van der Waals surface area contributed by atoms with E-state index in [1.54, 1.807) is 55.5 Å². The fraction of sp³-hybridized carbons (Fsp3) is 0.0833. The Bertz CT molecular complexity index is 1170. The Labute approximate surface area is 200 Å². The molecule has 0 spiro atoms. The molecule has 0 radical (unpaired) electrons. The van der Waals surface area contributed by atoms with Crippen molar-refractivity contribution in [2.24, 2.45) is 0 Å². The summed E-state index contributed by atoms with van der Waals surface area (Å²) in [7, 11) is 0. The van der Waals surface area contributed by atoms with Crippen LogP contribution in [0.2, 0.25) is 10.0 Å². The van der Waals surface area contributed by atoms with E-state index in [0.29, 0.717) is 33.3 Å². The molecule has 1 atom stereocenters. The summed E-state index contributed by atoms with van der Waals surface area (Å²) in [4.78, 5) is 22.4. The number of rotatable bonds is 7. The Balaban J connectivity index is 1.80. The van der Waals surface area contributed by atoms with Gasteiger partial charge in [-0.3, -0.25) is 4.79 Å². The quantitative estimate of drug-likeness (QED) is 0.273. The number of carbonyl (C=O) groups is 2. The van der Waals surface area contributed by atoms with Crippen molar-refractivity contribution in [1.29, 1.82) is 0 Å². The second-order valence-electron chi connectivity index (χ2n) is 6.77. The van der Waals surface area contributed by atoms with Crippen molar-refractivity contribution < 1.29 is 19.4 Å². The molecule has 2 N–H and O–H groups in total. The maximum atomic E-state index is 11.7. The molecule has 0 saturated heterocycles. The number of carboxylic acid groups (broad SMARTS) is 1. The Morgan fingerprint density at radius 1 is 1.03 bits per heavy atom. The van der Waals surface area contributed by atoms with Gasteiger partial charge in [0.15, 0.2) is 0 Å². The van der Waals surface area contributed by atoms with Gasteiger partial charge < -0.3 is 15.2 Å². The first kappa shape index (κ1) is 23.7. The van der Waals surface area contributed by atoms with Crippen LogP contribution < -0.4 is 10.1 Å². The molecule has 0 saturated carbocycles. The number of anilines is 1. The molecule has 0 aliphatic heterocycles. The van der Waals surface area contributed by atoms with Crippen LogP contribution in [-0.4, -0.2) is 22.4 Å². The van der Waals surface area contributed by atoms with Crippen LogP contribution in [0.4, 0.5) is 5.69 Å². The first-order valence-corrected chi connectivity index (χ1v) is 10.7. The number of aliphatic carboxylic acids is 1.